The second-order valence-electron chi connectivity index (χ2n) is 18.3. The highest BCUT2D eigenvalue weighted by molar-refractivity contribution is 6.24. The maximum absolute atomic E-state index is 14.9. The molecule has 0 saturated heterocycles. The van der Waals surface area contributed by atoms with Crippen LogP contribution in [0.5, 0.6) is 0 Å². The van der Waals surface area contributed by atoms with E-state index in [0.717, 1.165) is 0 Å². The predicted octanol–water partition coefficient (Wildman–Crippen LogP) is 12.6. The molecule has 8 aromatic carbocycles. The summed E-state index contributed by atoms with van der Waals surface area (Å²) < 4.78 is 25.0. The summed E-state index contributed by atoms with van der Waals surface area (Å²) in [4.78, 5) is 59.7. The van der Waals surface area contributed by atoms with Crippen LogP contribution < -0.4 is 0 Å². The van der Waals surface area contributed by atoms with Gasteiger partial charge in [0.25, 0.3) is 0 Å². The van der Waals surface area contributed by atoms with Gasteiger partial charge >= 0.3 is 23.9 Å². The van der Waals surface area contributed by atoms with E-state index in [9.17, 15) is 40.2 Å². The van der Waals surface area contributed by atoms with Gasteiger partial charge in [-0.25, -0.2) is 19.2 Å². The van der Waals surface area contributed by atoms with Gasteiger partial charge in [0.2, 0.25) is 0 Å². The quantitative estimate of drug-likeness (QED) is 0.0303. The summed E-state index contributed by atoms with van der Waals surface area (Å²) in [5, 5.41) is 41.0. The zero-order chi connectivity index (χ0) is 56.8. The van der Waals surface area contributed by atoms with Crippen LogP contribution in [0, 0.1) is 50.7 Å². The molecule has 0 saturated carbocycles. The smallest absolute Gasteiger partial charge is 0.338 e. The molecular weight excluding hydrogens is 1010 g/mol. The normalized spacial score (nSPS) is 11.6. The number of benzene rings is 8. The topological polar surface area (TPSA) is 200 Å². The Bertz CT molecular complexity index is 3380. The summed E-state index contributed by atoms with van der Waals surface area (Å²) in [5.74, 6) is -3.82. The van der Waals surface area contributed by atoms with E-state index in [-0.39, 0.29) is 66.8 Å². The van der Waals surface area contributed by atoms with Crippen LogP contribution in [0.1, 0.15) is 66.8 Å². The molecule has 0 spiro atoms. The third-order valence-corrected chi connectivity index (χ3v) is 12.7. The molecule has 0 atom stereocenters. The second kappa shape index (κ2) is 27.6. The largest absolute Gasteiger partial charge is 0.461 e. The maximum Gasteiger partial charge on any atom is 0.338 e. The van der Waals surface area contributed by atoms with Gasteiger partial charge in [0, 0.05) is 22.3 Å². The molecule has 0 heterocycles. The number of ether oxygens (including phenoxy) is 4. The highest BCUT2D eigenvalue weighted by Crippen LogP contribution is 2.32. The van der Waals surface area contributed by atoms with Crippen LogP contribution in [0.15, 0.2) is 218 Å². The maximum atomic E-state index is 14.9. The first-order chi connectivity index (χ1) is 39.6. The molecule has 0 bridgehead atoms. The summed E-state index contributed by atoms with van der Waals surface area (Å²) in [6, 6.07) is 69.8. The lowest BCUT2D eigenvalue weighted by molar-refractivity contribution is -0.162. The fourth-order valence-electron chi connectivity index (χ4n) is 8.55. The Morgan fingerprint density at radius 1 is 0.296 bits per heavy atom. The summed E-state index contributed by atoms with van der Waals surface area (Å²) in [6.07, 6.45) is 6.20. The van der Waals surface area contributed by atoms with Crippen molar-refractivity contribution < 1.29 is 38.1 Å². The fraction of sp³-hybridized carbons (Fsp3) is 0.0725. The second-order valence-corrected chi connectivity index (χ2v) is 18.3. The highest BCUT2D eigenvalue weighted by Gasteiger charge is 2.40. The molecule has 392 valence electrons. The standard InChI is InChI=1S/C69H48N4O8/c70-41-53-29-13-17-33-57(53)61(37-49-21-5-1-6-22-49)65(74)78-45-69(46-79-66(75)62(38-50-23-7-2-8-24-50)58-34-18-14-30-54(58)42-71,47-80-67(76)63(39-51-25-9-3-10-26-51)59-35-19-15-31-55(59)43-72)48-81-68(77)64(40-52-27-11-4-12-28-52)60-36-20-16-32-56(60)44-73/h1-40H,45-48H2/b61-37-,62-38+,63-39+,64-40+. The van der Waals surface area contributed by atoms with Crippen molar-refractivity contribution in [1.29, 1.82) is 21.0 Å². The first-order valence-corrected chi connectivity index (χ1v) is 25.4. The van der Waals surface area contributed by atoms with Gasteiger partial charge in [-0.1, -0.05) is 194 Å². The van der Waals surface area contributed by atoms with E-state index in [4.69, 9.17) is 18.9 Å². The van der Waals surface area contributed by atoms with Crippen molar-refractivity contribution in [3.8, 4) is 24.3 Å². The monoisotopic (exact) mass is 1060 g/mol. The van der Waals surface area contributed by atoms with Crippen LogP contribution in [0.4, 0.5) is 0 Å². The average molecular weight is 1060 g/mol. The Morgan fingerprint density at radius 3 is 0.679 bits per heavy atom. The molecule has 12 heteroatoms. The summed E-state index contributed by atoms with van der Waals surface area (Å²) in [7, 11) is 0. The Kier molecular flexibility index (Phi) is 19.0. The molecule has 0 N–H and O–H groups in total. The molecule has 81 heavy (non-hydrogen) atoms. The SMILES string of the molecule is N#Cc1ccccc1/C(=C/c1ccccc1)C(=O)OCC(COC(=O)/C(=C/c1ccccc1)c1ccccc1C#N)(COC(=O)/C(=C/c1ccccc1)c1ccccc1C#N)COC(=O)/C(=C/c1ccccc1)c1ccccc1C#N. The van der Waals surface area contributed by atoms with Gasteiger partial charge in [0.1, 0.15) is 31.8 Å². The van der Waals surface area contributed by atoms with Crippen molar-refractivity contribution in [3.63, 3.8) is 0 Å². The lowest BCUT2D eigenvalue weighted by atomic mass is 9.91. The van der Waals surface area contributed by atoms with E-state index in [1.807, 2.05) is 0 Å². The van der Waals surface area contributed by atoms with Gasteiger partial charge in [0.05, 0.1) is 68.8 Å². The van der Waals surface area contributed by atoms with Crippen molar-refractivity contribution in [2.24, 2.45) is 5.41 Å². The number of nitrogens with zero attached hydrogens (tertiary/aromatic N) is 4. The predicted molar refractivity (Wildman–Crippen MR) is 308 cm³/mol. The molecule has 0 fully saturated rings. The first kappa shape index (κ1) is 55.8. The summed E-state index contributed by atoms with van der Waals surface area (Å²) in [6.45, 7) is -3.09. The van der Waals surface area contributed by atoms with E-state index in [2.05, 4.69) is 24.3 Å². The highest BCUT2D eigenvalue weighted by atomic mass is 16.6. The van der Waals surface area contributed by atoms with Crippen LogP contribution in [0.3, 0.4) is 0 Å². The van der Waals surface area contributed by atoms with E-state index >= 15 is 0 Å². The van der Waals surface area contributed by atoms with E-state index < -0.39 is 55.7 Å². The number of rotatable bonds is 20. The van der Waals surface area contributed by atoms with Crippen molar-refractivity contribution in [2.45, 2.75) is 0 Å². The van der Waals surface area contributed by atoms with Gasteiger partial charge < -0.3 is 18.9 Å². The molecule has 0 aliphatic carbocycles. The van der Waals surface area contributed by atoms with Crippen molar-refractivity contribution in [1.82, 2.24) is 0 Å². The molecule has 0 unspecified atom stereocenters. The minimum absolute atomic E-state index is 0.0400. The van der Waals surface area contributed by atoms with Gasteiger partial charge in [0.15, 0.2) is 0 Å². The first-order valence-electron chi connectivity index (χ1n) is 25.4. The lowest BCUT2D eigenvalue weighted by Gasteiger charge is -2.32. The Labute approximate surface area is 468 Å². The fourth-order valence-corrected chi connectivity index (χ4v) is 8.55. The number of hydrogen-bond acceptors (Lipinski definition) is 12. The van der Waals surface area contributed by atoms with E-state index in [1.165, 1.54) is 0 Å². The zero-order valence-electron chi connectivity index (χ0n) is 43.5. The number of carbonyl (C=O) groups excluding carboxylic acids is 4. The number of carbonyl (C=O) groups is 4. The summed E-state index contributed by atoms with van der Waals surface area (Å²) in [5.41, 5.74) is 1.72. The third kappa shape index (κ3) is 14.5. The van der Waals surface area contributed by atoms with Crippen LogP contribution in [0.25, 0.3) is 46.6 Å². The van der Waals surface area contributed by atoms with Crippen LogP contribution in [0.2, 0.25) is 0 Å². The minimum Gasteiger partial charge on any atom is -0.461 e. The molecule has 0 aromatic heterocycles. The van der Waals surface area contributed by atoms with Crippen LogP contribution in [-0.2, 0) is 38.1 Å². The van der Waals surface area contributed by atoms with Crippen molar-refractivity contribution in [3.05, 3.63) is 285 Å². The van der Waals surface area contributed by atoms with Gasteiger partial charge in [-0.2, -0.15) is 21.0 Å². The van der Waals surface area contributed by atoms with E-state index in [1.54, 1.807) is 243 Å². The number of hydrogen-bond donors (Lipinski definition) is 0. The van der Waals surface area contributed by atoms with E-state index in [0.29, 0.717) is 22.3 Å². The number of esters is 4. The van der Waals surface area contributed by atoms with Crippen LogP contribution in [-0.4, -0.2) is 50.3 Å². The zero-order valence-corrected chi connectivity index (χ0v) is 43.5. The average Bonchev–Trinajstić information content (AvgIpc) is 3.53. The Hall–Kier alpha value is -11.4. The minimum atomic E-state index is -1.99. The molecule has 0 radical (unpaired) electrons. The number of nitriles is 4. The molecule has 0 amide bonds. The molecule has 0 aliphatic heterocycles. The molecular formula is C69H48N4O8. The van der Waals surface area contributed by atoms with Gasteiger partial charge in [-0.15, -0.1) is 0 Å². The van der Waals surface area contributed by atoms with Crippen LogP contribution >= 0.6 is 0 Å². The Morgan fingerprint density at radius 2 is 0.481 bits per heavy atom. The summed E-state index contributed by atoms with van der Waals surface area (Å²) >= 11 is 0. The molecule has 8 aromatic rings. The molecule has 12 nitrogen and oxygen atoms in total. The van der Waals surface area contributed by atoms with Crippen molar-refractivity contribution in [2.75, 3.05) is 26.4 Å². The molecule has 0 aliphatic rings. The Balaban J connectivity index is 1.28. The lowest BCUT2D eigenvalue weighted by Crippen LogP contribution is -2.44. The molecule has 8 rings (SSSR count). The van der Waals surface area contributed by atoms with Gasteiger partial charge in [-0.05, 0) is 70.8 Å². The van der Waals surface area contributed by atoms with Gasteiger partial charge in [-0.3, -0.25) is 0 Å². The van der Waals surface area contributed by atoms with Crippen molar-refractivity contribution >= 4 is 70.5 Å². The third-order valence-electron chi connectivity index (χ3n) is 12.7.